The monoisotopic (exact) mass is 398 g/mol. The Bertz CT molecular complexity index is 893. The average molecular weight is 399 g/mol. The van der Waals surface area contributed by atoms with E-state index >= 15 is 0 Å². The molecule has 0 bridgehead atoms. The van der Waals surface area contributed by atoms with Gasteiger partial charge in [0, 0.05) is 16.6 Å². The SMILES string of the molecule is O=C(Nc1ccc2c(c1)N(Cc1ccccc1Cl)C(=O)CO2)C1CCCCC1. The molecule has 1 N–H and O–H groups in total. The maximum atomic E-state index is 12.6. The van der Waals surface area contributed by atoms with E-state index in [4.69, 9.17) is 16.3 Å². The zero-order valence-electron chi connectivity index (χ0n) is 15.6. The highest BCUT2D eigenvalue weighted by atomic mass is 35.5. The van der Waals surface area contributed by atoms with Crippen molar-refractivity contribution in [2.24, 2.45) is 5.92 Å². The molecule has 1 saturated carbocycles. The van der Waals surface area contributed by atoms with E-state index in [0.29, 0.717) is 28.7 Å². The van der Waals surface area contributed by atoms with Gasteiger partial charge in [-0.05, 0) is 42.7 Å². The van der Waals surface area contributed by atoms with Crippen LogP contribution in [0.1, 0.15) is 37.7 Å². The first kappa shape index (κ1) is 18.8. The van der Waals surface area contributed by atoms with E-state index in [-0.39, 0.29) is 24.3 Å². The molecule has 2 amide bonds. The molecule has 146 valence electrons. The summed E-state index contributed by atoms with van der Waals surface area (Å²) in [6.07, 6.45) is 5.31. The third-order valence-electron chi connectivity index (χ3n) is 5.43. The summed E-state index contributed by atoms with van der Waals surface area (Å²) in [6, 6.07) is 12.9. The first-order chi connectivity index (χ1) is 13.6. The van der Waals surface area contributed by atoms with Crippen LogP contribution in [-0.2, 0) is 16.1 Å². The summed E-state index contributed by atoms with van der Waals surface area (Å²) in [7, 11) is 0. The van der Waals surface area contributed by atoms with Crippen molar-refractivity contribution in [3.63, 3.8) is 0 Å². The van der Waals surface area contributed by atoms with E-state index in [1.54, 1.807) is 11.0 Å². The maximum Gasteiger partial charge on any atom is 0.265 e. The third-order valence-corrected chi connectivity index (χ3v) is 5.80. The van der Waals surface area contributed by atoms with Gasteiger partial charge in [0.05, 0.1) is 12.2 Å². The van der Waals surface area contributed by atoms with E-state index in [1.165, 1.54) is 6.42 Å². The molecule has 2 aromatic rings. The molecule has 0 atom stereocenters. The van der Waals surface area contributed by atoms with Gasteiger partial charge in [-0.3, -0.25) is 9.59 Å². The second-order valence-electron chi connectivity index (χ2n) is 7.37. The lowest BCUT2D eigenvalue weighted by Crippen LogP contribution is -2.38. The Labute approximate surface area is 169 Å². The van der Waals surface area contributed by atoms with Gasteiger partial charge in [-0.1, -0.05) is 49.1 Å². The number of halogens is 1. The largest absolute Gasteiger partial charge is 0.482 e. The van der Waals surface area contributed by atoms with Gasteiger partial charge in [0.25, 0.3) is 5.91 Å². The molecular formula is C22H23ClN2O3. The summed E-state index contributed by atoms with van der Waals surface area (Å²) >= 11 is 6.28. The zero-order chi connectivity index (χ0) is 19.5. The molecule has 2 aliphatic rings. The Hall–Kier alpha value is -2.53. The molecule has 1 aliphatic heterocycles. The lowest BCUT2D eigenvalue weighted by atomic mass is 9.88. The number of hydrogen-bond donors (Lipinski definition) is 1. The summed E-state index contributed by atoms with van der Waals surface area (Å²) < 4.78 is 5.57. The molecule has 4 rings (SSSR count). The number of benzene rings is 2. The summed E-state index contributed by atoms with van der Waals surface area (Å²) in [4.78, 5) is 26.8. The molecule has 0 saturated heterocycles. The maximum absolute atomic E-state index is 12.6. The number of carbonyl (C=O) groups excluding carboxylic acids is 2. The fourth-order valence-corrected chi connectivity index (χ4v) is 4.05. The molecule has 28 heavy (non-hydrogen) atoms. The zero-order valence-corrected chi connectivity index (χ0v) is 16.4. The van der Waals surface area contributed by atoms with Crippen LogP contribution in [0.2, 0.25) is 5.02 Å². The number of ether oxygens (including phenoxy) is 1. The van der Waals surface area contributed by atoms with E-state index in [1.807, 2.05) is 36.4 Å². The summed E-state index contributed by atoms with van der Waals surface area (Å²) in [5.41, 5.74) is 2.19. The minimum absolute atomic E-state index is 0.00870. The van der Waals surface area contributed by atoms with Crippen LogP contribution in [0.5, 0.6) is 5.75 Å². The fraction of sp³-hybridized carbons (Fsp3) is 0.364. The number of nitrogens with zero attached hydrogens (tertiary/aromatic N) is 1. The van der Waals surface area contributed by atoms with Crippen LogP contribution in [0.25, 0.3) is 0 Å². The molecule has 1 fully saturated rings. The molecule has 0 spiro atoms. The van der Waals surface area contributed by atoms with E-state index in [0.717, 1.165) is 31.2 Å². The fourth-order valence-electron chi connectivity index (χ4n) is 3.86. The smallest absolute Gasteiger partial charge is 0.265 e. The summed E-state index contributed by atoms with van der Waals surface area (Å²) in [5.74, 6) is 0.618. The summed E-state index contributed by atoms with van der Waals surface area (Å²) in [6.45, 7) is 0.347. The predicted octanol–water partition coefficient (Wildman–Crippen LogP) is 4.78. The van der Waals surface area contributed by atoms with Crippen molar-refractivity contribution >= 4 is 34.8 Å². The molecule has 1 heterocycles. The van der Waals surface area contributed by atoms with E-state index in [9.17, 15) is 9.59 Å². The van der Waals surface area contributed by atoms with Crippen LogP contribution in [-0.4, -0.2) is 18.4 Å². The lowest BCUT2D eigenvalue weighted by molar-refractivity contribution is -0.121. The lowest BCUT2D eigenvalue weighted by Gasteiger charge is -2.30. The number of carbonyl (C=O) groups is 2. The molecule has 5 nitrogen and oxygen atoms in total. The second kappa shape index (κ2) is 8.23. The van der Waals surface area contributed by atoms with Crippen molar-refractivity contribution in [2.45, 2.75) is 38.6 Å². The van der Waals surface area contributed by atoms with Gasteiger partial charge in [-0.25, -0.2) is 0 Å². The second-order valence-corrected chi connectivity index (χ2v) is 7.77. The van der Waals surface area contributed by atoms with Crippen molar-refractivity contribution in [1.29, 1.82) is 0 Å². The van der Waals surface area contributed by atoms with Gasteiger partial charge in [0.15, 0.2) is 6.61 Å². The molecule has 1 aliphatic carbocycles. The van der Waals surface area contributed by atoms with Crippen molar-refractivity contribution in [1.82, 2.24) is 0 Å². The van der Waals surface area contributed by atoms with Crippen LogP contribution in [0.3, 0.4) is 0 Å². The molecule has 2 aromatic carbocycles. The first-order valence-electron chi connectivity index (χ1n) is 9.73. The van der Waals surface area contributed by atoms with Gasteiger partial charge in [-0.15, -0.1) is 0 Å². The minimum atomic E-state index is -0.136. The van der Waals surface area contributed by atoms with Crippen molar-refractivity contribution < 1.29 is 14.3 Å². The number of fused-ring (bicyclic) bond motifs is 1. The Morgan fingerprint density at radius 1 is 1.14 bits per heavy atom. The number of anilines is 2. The molecule has 0 radical (unpaired) electrons. The van der Waals surface area contributed by atoms with Crippen LogP contribution in [0.15, 0.2) is 42.5 Å². The Kier molecular flexibility index (Phi) is 5.53. The average Bonchev–Trinajstić information content (AvgIpc) is 2.72. The molecular weight excluding hydrogens is 376 g/mol. The minimum Gasteiger partial charge on any atom is -0.482 e. The summed E-state index contributed by atoms with van der Waals surface area (Å²) in [5, 5.41) is 3.63. The first-order valence-corrected chi connectivity index (χ1v) is 10.1. The van der Waals surface area contributed by atoms with Crippen molar-refractivity contribution in [3.8, 4) is 5.75 Å². The molecule has 0 unspecified atom stereocenters. The normalized spacial score (nSPS) is 17.0. The highest BCUT2D eigenvalue weighted by molar-refractivity contribution is 6.31. The third kappa shape index (κ3) is 3.99. The van der Waals surface area contributed by atoms with Crippen molar-refractivity contribution in [3.05, 3.63) is 53.1 Å². The van der Waals surface area contributed by atoms with Crippen LogP contribution >= 0.6 is 11.6 Å². The van der Waals surface area contributed by atoms with Gasteiger partial charge in [0.2, 0.25) is 5.91 Å². The number of hydrogen-bond acceptors (Lipinski definition) is 3. The van der Waals surface area contributed by atoms with E-state index in [2.05, 4.69) is 5.32 Å². The van der Waals surface area contributed by atoms with Gasteiger partial charge in [0.1, 0.15) is 5.75 Å². The molecule has 0 aromatic heterocycles. The number of nitrogens with one attached hydrogen (secondary N) is 1. The number of amides is 2. The molecule has 6 heteroatoms. The standard InChI is InChI=1S/C22H23ClN2O3/c23-18-9-5-4-8-16(18)13-25-19-12-17(10-11-20(19)28-14-21(25)26)24-22(27)15-6-2-1-3-7-15/h4-5,8-12,15H,1-3,6-7,13-14H2,(H,24,27). The van der Waals surface area contributed by atoms with Crippen LogP contribution in [0.4, 0.5) is 11.4 Å². The van der Waals surface area contributed by atoms with E-state index < -0.39 is 0 Å². The Morgan fingerprint density at radius 2 is 1.93 bits per heavy atom. The predicted molar refractivity (Wildman–Crippen MR) is 110 cm³/mol. The van der Waals surface area contributed by atoms with Crippen LogP contribution in [0, 0.1) is 5.92 Å². The quantitative estimate of drug-likeness (QED) is 0.805. The van der Waals surface area contributed by atoms with Gasteiger partial charge >= 0.3 is 0 Å². The highest BCUT2D eigenvalue weighted by Gasteiger charge is 2.27. The van der Waals surface area contributed by atoms with Gasteiger partial charge < -0.3 is 15.0 Å². The van der Waals surface area contributed by atoms with Gasteiger partial charge in [-0.2, -0.15) is 0 Å². The van der Waals surface area contributed by atoms with Crippen molar-refractivity contribution in [2.75, 3.05) is 16.8 Å². The number of rotatable bonds is 4. The topological polar surface area (TPSA) is 58.6 Å². The van der Waals surface area contributed by atoms with Crippen LogP contribution < -0.4 is 15.0 Å². The Morgan fingerprint density at radius 3 is 2.71 bits per heavy atom. The highest BCUT2D eigenvalue weighted by Crippen LogP contribution is 2.36. The Balaban J connectivity index is 1.57.